The number of aryl methyl sites for hydroxylation is 1. The van der Waals surface area contributed by atoms with Crippen LogP contribution in [0.4, 0.5) is 5.69 Å². The minimum atomic E-state index is -3.73. The number of sulfonamides is 1. The van der Waals surface area contributed by atoms with Gasteiger partial charge in [0.05, 0.1) is 29.4 Å². The van der Waals surface area contributed by atoms with E-state index in [1.54, 1.807) is 44.2 Å². The largest absolute Gasteiger partial charge is 0.494 e. The third kappa shape index (κ3) is 4.16. The van der Waals surface area contributed by atoms with E-state index in [1.165, 1.54) is 23.5 Å². The van der Waals surface area contributed by atoms with E-state index in [4.69, 9.17) is 9.47 Å². The Morgan fingerprint density at radius 3 is 2.23 bits per heavy atom. The lowest BCUT2D eigenvalue weighted by Crippen LogP contribution is -2.27. The zero-order chi connectivity index (χ0) is 19.3. The minimum Gasteiger partial charge on any atom is -0.494 e. The molecule has 0 saturated carbocycles. The highest BCUT2D eigenvalue weighted by molar-refractivity contribution is 7.92. The number of ether oxygens (including phenoxy) is 2. The summed E-state index contributed by atoms with van der Waals surface area (Å²) in [7, 11) is -2.24. The van der Waals surface area contributed by atoms with Crippen LogP contribution in [0, 0.1) is 6.92 Å². The molecule has 2 rings (SSSR count). The summed E-state index contributed by atoms with van der Waals surface area (Å²) in [4.78, 5) is 12.0. The van der Waals surface area contributed by atoms with Crippen LogP contribution in [0.3, 0.4) is 0 Å². The quantitative estimate of drug-likeness (QED) is 0.692. The summed E-state index contributed by atoms with van der Waals surface area (Å²) >= 11 is 0. The second-order valence-corrected chi connectivity index (χ2v) is 7.57. The average Bonchev–Trinajstić information content (AvgIpc) is 2.62. The van der Waals surface area contributed by atoms with Gasteiger partial charge in [-0.3, -0.25) is 4.31 Å². The molecule has 0 N–H and O–H groups in total. The maximum Gasteiger partial charge on any atom is 0.338 e. The molecule has 0 aliphatic carbocycles. The van der Waals surface area contributed by atoms with Crippen LogP contribution in [0.2, 0.25) is 0 Å². The Morgan fingerprint density at radius 2 is 1.69 bits per heavy atom. The molecule has 0 heterocycles. The molecule has 7 heteroatoms. The smallest absolute Gasteiger partial charge is 0.338 e. The van der Waals surface area contributed by atoms with Gasteiger partial charge in [-0.2, -0.15) is 0 Å². The van der Waals surface area contributed by atoms with Gasteiger partial charge in [0.1, 0.15) is 5.75 Å². The Bertz CT molecular complexity index is 875. The van der Waals surface area contributed by atoms with Gasteiger partial charge in [-0.05, 0) is 68.8 Å². The minimum absolute atomic E-state index is 0.164. The lowest BCUT2D eigenvalue weighted by atomic mass is 10.1. The van der Waals surface area contributed by atoms with E-state index < -0.39 is 16.0 Å². The summed E-state index contributed by atoms with van der Waals surface area (Å²) in [6, 6.07) is 11.1. The zero-order valence-electron chi connectivity index (χ0n) is 15.4. The number of benzene rings is 2. The Kier molecular flexibility index (Phi) is 6.26. The van der Waals surface area contributed by atoms with E-state index in [0.29, 0.717) is 29.2 Å². The third-order valence-electron chi connectivity index (χ3n) is 3.84. The van der Waals surface area contributed by atoms with Crippen molar-refractivity contribution in [2.75, 3.05) is 24.6 Å². The predicted molar refractivity (Wildman–Crippen MR) is 100 cm³/mol. The maximum atomic E-state index is 12.9. The summed E-state index contributed by atoms with van der Waals surface area (Å²) in [6.45, 7) is 6.14. The number of carbonyl (C=O) groups is 1. The molecule has 0 radical (unpaired) electrons. The number of esters is 1. The Morgan fingerprint density at radius 1 is 1.04 bits per heavy atom. The standard InChI is InChI=1S/C19H23NO5S/c1-5-24-16-8-10-17(11-9-16)26(22,23)20(4)18-12-7-15(13-14(18)3)19(21)25-6-2/h7-13H,5-6H2,1-4H3. The number of hydrogen-bond acceptors (Lipinski definition) is 5. The molecule has 26 heavy (non-hydrogen) atoms. The summed E-state index contributed by atoms with van der Waals surface area (Å²) in [5, 5.41) is 0. The van der Waals surface area contributed by atoms with Crippen molar-refractivity contribution in [3.8, 4) is 5.75 Å². The molecule has 0 saturated heterocycles. The fraction of sp³-hybridized carbons (Fsp3) is 0.316. The number of carbonyl (C=O) groups excluding carboxylic acids is 1. The highest BCUT2D eigenvalue weighted by Crippen LogP contribution is 2.27. The second kappa shape index (κ2) is 8.23. The molecule has 0 spiro atoms. The van der Waals surface area contributed by atoms with Crippen LogP contribution >= 0.6 is 0 Å². The fourth-order valence-corrected chi connectivity index (χ4v) is 3.77. The van der Waals surface area contributed by atoms with Crippen LogP contribution in [-0.2, 0) is 14.8 Å². The van der Waals surface area contributed by atoms with Gasteiger partial charge < -0.3 is 9.47 Å². The van der Waals surface area contributed by atoms with Crippen molar-refractivity contribution in [3.05, 3.63) is 53.6 Å². The molecule has 0 aliphatic rings. The number of rotatable bonds is 7. The Balaban J connectivity index is 2.31. The lowest BCUT2D eigenvalue weighted by Gasteiger charge is -2.22. The topological polar surface area (TPSA) is 72.9 Å². The van der Waals surface area contributed by atoms with E-state index in [0.717, 1.165) is 0 Å². The van der Waals surface area contributed by atoms with Crippen LogP contribution in [0.25, 0.3) is 0 Å². The van der Waals surface area contributed by atoms with Gasteiger partial charge >= 0.3 is 5.97 Å². The van der Waals surface area contributed by atoms with Crippen LogP contribution in [0.1, 0.15) is 29.8 Å². The summed E-state index contributed by atoms with van der Waals surface area (Å²) < 4.78 is 37.2. The predicted octanol–water partition coefficient (Wildman–Crippen LogP) is 3.40. The molecule has 2 aromatic carbocycles. The molecule has 140 valence electrons. The van der Waals surface area contributed by atoms with Gasteiger partial charge in [-0.25, -0.2) is 13.2 Å². The normalized spacial score (nSPS) is 11.1. The molecule has 0 fully saturated rings. The molecule has 6 nitrogen and oxygen atoms in total. The SMILES string of the molecule is CCOC(=O)c1ccc(N(C)S(=O)(=O)c2ccc(OCC)cc2)c(C)c1. The first-order valence-electron chi connectivity index (χ1n) is 8.30. The van der Waals surface area contributed by atoms with E-state index in [2.05, 4.69) is 0 Å². The van der Waals surface area contributed by atoms with Crippen molar-refractivity contribution in [1.82, 2.24) is 0 Å². The molecular formula is C19H23NO5S. The number of hydrogen-bond donors (Lipinski definition) is 0. The van der Waals surface area contributed by atoms with Gasteiger partial charge in [0.25, 0.3) is 10.0 Å². The van der Waals surface area contributed by atoms with Crippen molar-refractivity contribution in [2.24, 2.45) is 0 Å². The monoisotopic (exact) mass is 377 g/mol. The number of nitrogens with zero attached hydrogens (tertiary/aromatic N) is 1. The van der Waals surface area contributed by atoms with Gasteiger partial charge in [0.2, 0.25) is 0 Å². The third-order valence-corrected chi connectivity index (χ3v) is 5.63. The average molecular weight is 377 g/mol. The van der Waals surface area contributed by atoms with Crippen molar-refractivity contribution in [3.63, 3.8) is 0 Å². The van der Waals surface area contributed by atoms with Crippen molar-refractivity contribution < 1.29 is 22.7 Å². The van der Waals surface area contributed by atoms with E-state index in [1.807, 2.05) is 6.92 Å². The molecule has 0 aliphatic heterocycles. The van der Waals surface area contributed by atoms with Gasteiger partial charge in [-0.15, -0.1) is 0 Å². The first-order valence-corrected chi connectivity index (χ1v) is 9.74. The molecule has 2 aromatic rings. The number of anilines is 1. The van der Waals surface area contributed by atoms with Crippen LogP contribution in [0.5, 0.6) is 5.75 Å². The van der Waals surface area contributed by atoms with E-state index in [9.17, 15) is 13.2 Å². The van der Waals surface area contributed by atoms with Gasteiger partial charge in [0.15, 0.2) is 0 Å². The van der Waals surface area contributed by atoms with Crippen molar-refractivity contribution in [1.29, 1.82) is 0 Å². The molecule has 0 amide bonds. The molecular weight excluding hydrogens is 354 g/mol. The van der Waals surface area contributed by atoms with Crippen LogP contribution in [0.15, 0.2) is 47.4 Å². The highest BCUT2D eigenvalue weighted by Gasteiger charge is 2.23. The molecule has 0 bridgehead atoms. The zero-order valence-corrected chi connectivity index (χ0v) is 16.2. The maximum absolute atomic E-state index is 12.9. The first-order chi connectivity index (χ1) is 12.3. The lowest BCUT2D eigenvalue weighted by molar-refractivity contribution is 0.0526. The van der Waals surface area contributed by atoms with Crippen molar-refractivity contribution in [2.45, 2.75) is 25.7 Å². The first kappa shape index (κ1) is 19.8. The molecule has 0 unspecified atom stereocenters. The fourth-order valence-electron chi connectivity index (χ4n) is 2.51. The Hall–Kier alpha value is -2.54. The van der Waals surface area contributed by atoms with Crippen LogP contribution in [-0.4, -0.2) is 34.6 Å². The molecule has 0 atom stereocenters. The summed E-state index contributed by atoms with van der Waals surface area (Å²) in [5.41, 5.74) is 1.54. The van der Waals surface area contributed by atoms with E-state index >= 15 is 0 Å². The summed E-state index contributed by atoms with van der Waals surface area (Å²) in [5.74, 6) is 0.184. The van der Waals surface area contributed by atoms with E-state index in [-0.39, 0.29) is 11.5 Å². The van der Waals surface area contributed by atoms with Gasteiger partial charge in [-0.1, -0.05) is 0 Å². The summed E-state index contributed by atoms with van der Waals surface area (Å²) in [6.07, 6.45) is 0. The highest BCUT2D eigenvalue weighted by atomic mass is 32.2. The van der Waals surface area contributed by atoms with Gasteiger partial charge in [0, 0.05) is 7.05 Å². The Labute approximate surface area is 154 Å². The van der Waals surface area contributed by atoms with Crippen LogP contribution < -0.4 is 9.04 Å². The second-order valence-electron chi connectivity index (χ2n) is 5.60. The molecule has 0 aromatic heterocycles. The van der Waals surface area contributed by atoms with Crippen molar-refractivity contribution >= 4 is 21.7 Å².